The molecule has 0 aliphatic carbocycles. The molecule has 0 amide bonds. The summed E-state index contributed by atoms with van der Waals surface area (Å²) in [5, 5.41) is 38.2. The average Bonchev–Trinajstić information content (AvgIpc) is 2.55. The first-order chi connectivity index (χ1) is 10.5. The van der Waals surface area contributed by atoms with Crippen molar-refractivity contribution < 1.29 is 34.7 Å². The summed E-state index contributed by atoms with van der Waals surface area (Å²) in [5.74, 6) is -1.23. The van der Waals surface area contributed by atoms with Gasteiger partial charge in [-0.25, -0.2) is 0 Å². The minimum atomic E-state index is -1.59. The number of hydrogen-bond acceptors (Lipinski definition) is 7. The van der Waals surface area contributed by atoms with Crippen molar-refractivity contribution in [2.24, 2.45) is 0 Å². The van der Waals surface area contributed by atoms with Gasteiger partial charge in [0.25, 0.3) is 0 Å². The molecule has 6 atom stereocenters. The molecule has 1 unspecified atom stereocenters. The Labute approximate surface area is 127 Å². The molecule has 1 aromatic carbocycles. The molecule has 1 fully saturated rings. The highest BCUT2D eigenvalue weighted by Gasteiger charge is 2.45. The molecule has 1 aliphatic heterocycles. The molecule has 1 aliphatic rings. The lowest BCUT2D eigenvalue weighted by Crippen LogP contribution is -2.59. The van der Waals surface area contributed by atoms with Crippen molar-refractivity contribution in [2.75, 3.05) is 6.61 Å². The van der Waals surface area contributed by atoms with Crippen molar-refractivity contribution in [1.82, 2.24) is 0 Å². The van der Waals surface area contributed by atoms with Gasteiger partial charge in [-0.3, -0.25) is 4.79 Å². The van der Waals surface area contributed by atoms with Gasteiger partial charge in [-0.05, 0) is 12.5 Å². The third-order valence-corrected chi connectivity index (χ3v) is 3.73. The monoisotopic (exact) mass is 312 g/mol. The molecule has 0 aromatic heterocycles. The summed E-state index contributed by atoms with van der Waals surface area (Å²) in [7, 11) is 0. The van der Waals surface area contributed by atoms with Crippen molar-refractivity contribution in [3.8, 4) is 0 Å². The highest BCUT2D eigenvalue weighted by Crippen LogP contribution is 2.24. The van der Waals surface area contributed by atoms with E-state index in [1.54, 1.807) is 31.2 Å². The van der Waals surface area contributed by atoms with Crippen molar-refractivity contribution in [2.45, 2.75) is 43.5 Å². The summed E-state index contributed by atoms with van der Waals surface area (Å²) in [4.78, 5) is 12.1. The number of aliphatic hydroxyl groups excluding tert-OH is 4. The van der Waals surface area contributed by atoms with Crippen LogP contribution in [0.2, 0.25) is 0 Å². The highest BCUT2D eigenvalue weighted by molar-refractivity contribution is 5.77. The van der Waals surface area contributed by atoms with Gasteiger partial charge in [0.05, 0.1) is 12.5 Å². The van der Waals surface area contributed by atoms with Gasteiger partial charge in [0.15, 0.2) is 0 Å². The zero-order valence-corrected chi connectivity index (χ0v) is 12.1. The molecule has 0 radical (unpaired) electrons. The Kier molecular flexibility index (Phi) is 5.49. The maximum Gasteiger partial charge on any atom is 0.315 e. The number of aliphatic hydroxyl groups is 4. The lowest BCUT2D eigenvalue weighted by Gasteiger charge is -2.39. The SMILES string of the molecule is CC(C(=O)O[C@@H]1O[C@H](CO)[C@@H](O)[C@H](O)[C@H]1O)c1ccccc1. The first-order valence-electron chi connectivity index (χ1n) is 7.01. The Bertz CT molecular complexity index is 490. The molecule has 122 valence electrons. The minimum Gasteiger partial charge on any atom is -0.432 e. The largest absolute Gasteiger partial charge is 0.432 e. The molecule has 7 nitrogen and oxygen atoms in total. The van der Waals surface area contributed by atoms with Gasteiger partial charge in [-0.2, -0.15) is 0 Å². The van der Waals surface area contributed by atoms with Crippen LogP contribution in [0, 0.1) is 0 Å². The van der Waals surface area contributed by atoms with E-state index in [-0.39, 0.29) is 0 Å². The second kappa shape index (κ2) is 7.17. The Morgan fingerprint density at radius 3 is 2.41 bits per heavy atom. The molecule has 2 rings (SSSR count). The van der Waals surface area contributed by atoms with Crippen LogP contribution in [0.3, 0.4) is 0 Å². The predicted molar refractivity (Wildman–Crippen MR) is 74.7 cm³/mol. The lowest BCUT2D eigenvalue weighted by molar-refractivity contribution is -0.293. The van der Waals surface area contributed by atoms with Crippen LogP contribution in [-0.2, 0) is 14.3 Å². The Balaban J connectivity index is 2.04. The van der Waals surface area contributed by atoms with E-state index in [4.69, 9.17) is 14.6 Å². The van der Waals surface area contributed by atoms with E-state index >= 15 is 0 Å². The number of hydrogen-bond donors (Lipinski definition) is 4. The van der Waals surface area contributed by atoms with Crippen LogP contribution in [-0.4, -0.2) is 63.7 Å². The molecule has 4 N–H and O–H groups in total. The van der Waals surface area contributed by atoms with Gasteiger partial charge >= 0.3 is 5.97 Å². The Hall–Kier alpha value is -1.51. The van der Waals surface area contributed by atoms with Crippen LogP contribution >= 0.6 is 0 Å². The van der Waals surface area contributed by atoms with Gasteiger partial charge in [0, 0.05) is 0 Å². The van der Waals surface area contributed by atoms with Gasteiger partial charge < -0.3 is 29.9 Å². The van der Waals surface area contributed by atoms with Crippen molar-refractivity contribution >= 4 is 5.97 Å². The predicted octanol–water partition coefficient (Wildman–Crippen LogP) is -0.867. The zero-order valence-electron chi connectivity index (χ0n) is 12.1. The van der Waals surface area contributed by atoms with E-state index in [1.165, 1.54) is 0 Å². The second-order valence-corrected chi connectivity index (χ2v) is 5.27. The van der Waals surface area contributed by atoms with E-state index in [1.807, 2.05) is 6.07 Å². The smallest absolute Gasteiger partial charge is 0.315 e. The molecule has 22 heavy (non-hydrogen) atoms. The van der Waals surface area contributed by atoms with Gasteiger partial charge in [0.2, 0.25) is 6.29 Å². The number of carbonyl (C=O) groups excluding carboxylic acids is 1. The maximum absolute atomic E-state index is 12.1. The number of carbonyl (C=O) groups is 1. The molecule has 1 heterocycles. The van der Waals surface area contributed by atoms with Crippen molar-refractivity contribution in [3.05, 3.63) is 35.9 Å². The van der Waals surface area contributed by atoms with Crippen molar-refractivity contribution in [3.63, 3.8) is 0 Å². The fraction of sp³-hybridized carbons (Fsp3) is 0.533. The third-order valence-electron chi connectivity index (χ3n) is 3.73. The Morgan fingerprint density at radius 1 is 1.18 bits per heavy atom. The highest BCUT2D eigenvalue weighted by atomic mass is 16.7. The molecular weight excluding hydrogens is 292 g/mol. The van der Waals surface area contributed by atoms with Crippen LogP contribution in [0.4, 0.5) is 0 Å². The van der Waals surface area contributed by atoms with E-state index < -0.39 is 49.2 Å². The fourth-order valence-corrected chi connectivity index (χ4v) is 2.26. The lowest BCUT2D eigenvalue weighted by atomic mass is 9.99. The molecular formula is C15H20O7. The van der Waals surface area contributed by atoms with Crippen LogP contribution in [0.1, 0.15) is 18.4 Å². The molecule has 0 spiro atoms. The van der Waals surface area contributed by atoms with E-state index in [0.717, 1.165) is 5.56 Å². The fourth-order valence-electron chi connectivity index (χ4n) is 2.26. The molecule has 0 saturated carbocycles. The van der Waals surface area contributed by atoms with Gasteiger partial charge in [0.1, 0.15) is 24.4 Å². The van der Waals surface area contributed by atoms with E-state index in [0.29, 0.717) is 0 Å². The van der Waals surface area contributed by atoms with Crippen LogP contribution in [0.15, 0.2) is 30.3 Å². The first-order valence-corrected chi connectivity index (χ1v) is 7.01. The quantitative estimate of drug-likeness (QED) is 0.534. The maximum atomic E-state index is 12.1. The second-order valence-electron chi connectivity index (χ2n) is 5.27. The molecule has 1 aromatic rings. The van der Waals surface area contributed by atoms with Crippen LogP contribution < -0.4 is 0 Å². The average molecular weight is 312 g/mol. The van der Waals surface area contributed by atoms with Crippen LogP contribution in [0.25, 0.3) is 0 Å². The third kappa shape index (κ3) is 3.45. The number of ether oxygens (including phenoxy) is 2. The van der Waals surface area contributed by atoms with Crippen molar-refractivity contribution in [1.29, 1.82) is 0 Å². The standard InChI is InChI=1S/C15H20O7/c1-8(9-5-3-2-4-6-9)14(20)22-15-13(19)12(18)11(17)10(7-16)21-15/h2-6,8,10-13,15-19H,7H2,1H3/t8?,10-,11-,12+,13-,15+/m1/s1. The van der Waals surface area contributed by atoms with Gasteiger partial charge in [-0.15, -0.1) is 0 Å². The molecule has 1 saturated heterocycles. The zero-order chi connectivity index (χ0) is 16.3. The summed E-state index contributed by atoms with van der Waals surface area (Å²) >= 11 is 0. The summed E-state index contributed by atoms with van der Waals surface area (Å²) in [5.41, 5.74) is 0.733. The van der Waals surface area contributed by atoms with Crippen LogP contribution in [0.5, 0.6) is 0 Å². The minimum absolute atomic E-state index is 0.576. The Morgan fingerprint density at radius 2 is 1.82 bits per heavy atom. The van der Waals surface area contributed by atoms with E-state index in [9.17, 15) is 20.1 Å². The molecule has 7 heteroatoms. The number of rotatable bonds is 4. The summed E-state index contributed by atoms with van der Waals surface area (Å²) < 4.78 is 10.2. The van der Waals surface area contributed by atoms with Gasteiger partial charge in [-0.1, -0.05) is 30.3 Å². The summed E-state index contributed by atoms with van der Waals surface area (Å²) in [6, 6.07) is 8.91. The number of esters is 1. The summed E-state index contributed by atoms with van der Waals surface area (Å²) in [6.45, 7) is 1.06. The summed E-state index contributed by atoms with van der Waals surface area (Å²) in [6.07, 6.45) is -7.21. The van der Waals surface area contributed by atoms with E-state index in [2.05, 4.69) is 0 Å². The first kappa shape index (κ1) is 16.9. The number of benzene rings is 1. The topological polar surface area (TPSA) is 116 Å². The normalized spacial score (nSPS) is 33.2. The molecule has 0 bridgehead atoms.